The van der Waals surface area contributed by atoms with E-state index in [2.05, 4.69) is 10.00 Å². The monoisotopic (exact) mass is 268 g/mol. The molecule has 1 N–H and O–H groups in total. The van der Waals surface area contributed by atoms with Crippen LogP contribution < -0.4 is 0 Å². The molecule has 2 atom stereocenters. The van der Waals surface area contributed by atoms with E-state index in [0.29, 0.717) is 12.6 Å². The number of rotatable bonds is 6. The van der Waals surface area contributed by atoms with E-state index in [9.17, 15) is 15.2 Å². The van der Waals surface area contributed by atoms with Gasteiger partial charge in [-0.05, 0) is 37.7 Å². The van der Waals surface area contributed by atoms with Gasteiger partial charge in [-0.15, -0.1) is 0 Å². The predicted molar refractivity (Wildman–Crippen MR) is 69.8 cm³/mol. The van der Waals surface area contributed by atoms with Gasteiger partial charge in [-0.1, -0.05) is 0 Å². The molecule has 2 heterocycles. The maximum absolute atomic E-state index is 10.5. The van der Waals surface area contributed by atoms with E-state index >= 15 is 0 Å². The van der Waals surface area contributed by atoms with Crippen molar-refractivity contribution in [2.45, 2.75) is 44.9 Å². The quantitative estimate of drug-likeness (QED) is 0.615. The predicted octanol–water partition coefficient (Wildman–Crippen LogP) is 1.03. The first-order chi connectivity index (χ1) is 9.06. The lowest BCUT2D eigenvalue weighted by molar-refractivity contribution is -0.389. The Morgan fingerprint density at radius 2 is 2.42 bits per heavy atom. The molecule has 7 heteroatoms. The molecule has 0 amide bonds. The Hall–Kier alpha value is -1.47. The van der Waals surface area contributed by atoms with Gasteiger partial charge in [-0.3, -0.25) is 4.90 Å². The zero-order valence-electron chi connectivity index (χ0n) is 11.1. The first kappa shape index (κ1) is 14.0. The molecule has 0 bridgehead atoms. The van der Waals surface area contributed by atoms with Crippen molar-refractivity contribution in [1.29, 1.82) is 0 Å². The molecule has 1 saturated heterocycles. The fourth-order valence-corrected chi connectivity index (χ4v) is 2.65. The summed E-state index contributed by atoms with van der Waals surface area (Å²) in [7, 11) is 0. The lowest BCUT2D eigenvalue weighted by Gasteiger charge is -2.24. The molecule has 0 radical (unpaired) electrons. The van der Waals surface area contributed by atoms with Crippen LogP contribution in [-0.4, -0.2) is 49.9 Å². The highest BCUT2D eigenvalue weighted by atomic mass is 16.6. The second kappa shape index (κ2) is 6.12. The third-order valence-electron chi connectivity index (χ3n) is 3.54. The lowest BCUT2D eigenvalue weighted by Crippen LogP contribution is -2.34. The molecule has 2 unspecified atom stereocenters. The Balaban J connectivity index is 1.85. The maximum atomic E-state index is 10.5. The summed E-state index contributed by atoms with van der Waals surface area (Å²) in [6.45, 7) is 4.30. The largest absolute Gasteiger partial charge is 0.393 e. The van der Waals surface area contributed by atoms with Gasteiger partial charge in [0.05, 0.1) is 30.0 Å². The van der Waals surface area contributed by atoms with Crippen LogP contribution in [0.2, 0.25) is 0 Å². The molecule has 1 aliphatic rings. The topological polar surface area (TPSA) is 84.4 Å². The van der Waals surface area contributed by atoms with Crippen molar-refractivity contribution in [2.75, 3.05) is 13.1 Å². The van der Waals surface area contributed by atoms with E-state index in [1.165, 1.54) is 6.07 Å². The first-order valence-corrected chi connectivity index (χ1v) is 6.66. The smallest absolute Gasteiger partial charge is 0.389 e. The van der Waals surface area contributed by atoms with Crippen molar-refractivity contribution in [2.24, 2.45) is 0 Å². The van der Waals surface area contributed by atoms with Crippen molar-refractivity contribution < 1.29 is 10.0 Å². The molecule has 106 valence electrons. The van der Waals surface area contributed by atoms with Crippen molar-refractivity contribution in [3.63, 3.8) is 0 Å². The summed E-state index contributed by atoms with van der Waals surface area (Å²) in [5.74, 6) is -0.109. The zero-order valence-corrected chi connectivity index (χ0v) is 11.1. The highest BCUT2D eigenvalue weighted by molar-refractivity contribution is 5.13. The third kappa shape index (κ3) is 3.74. The minimum atomic E-state index is -0.484. The summed E-state index contributed by atoms with van der Waals surface area (Å²) < 4.78 is 1.61. The van der Waals surface area contributed by atoms with Gasteiger partial charge in [0.15, 0.2) is 0 Å². The fourth-order valence-electron chi connectivity index (χ4n) is 2.65. The van der Waals surface area contributed by atoms with Crippen LogP contribution in [0.15, 0.2) is 12.3 Å². The fraction of sp³-hybridized carbons (Fsp3) is 0.750. The Bertz CT molecular complexity index is 432. The highest BCUT2D eigenvalue weighted by Crippen LogP contribution is 2.21. The first-order valence-electron chi connectivity index (χ1n) is 6.66. The molecule has 2 rings (SSSR count). The summed E-state index contributed by atoms with van der Waals surface area (Å²) >= 11 is 0. The molecule has 0 spiro atoms. The van der Waals surface area contributed by atoms with E-state index in [1.807, 2.05) is 6.92 Å². The Morgan fingerprint density at radius 1 is 1.63 bits per heavy atom. The second-order valence-corrected chi connectivity index (χ2v) is 5.11. The number of nitro groups is 1. The molecule has 1 aromatic heterocycles. The molecule has 0 aromatic carbocycles. The number of hydrogen-bond acceptors (Lipinski definition) is 5. The summed E-state index contributed by atoms with van der Waals surface area (Å²) in [6, 6.07) is 1.84. The summed E-state index contributed by atoms with van der Waals surface area (Å²) in [6.07, 6.45) is 4.41. The van der Waals surface area contributed by atoms with Crippen LogP contribution in [0.5, 0.6) is 0 Å². The van der Waals surface area contributed by atoms with Gasteiger partial charge in [0.1, 0.15) is 0 Å². The van der Waals surface area contributed by atoms with E-state index in [-0.39, 0.29) is 11.9 Å². The lowest BCUT2D eigenvalue weighted by atomic mass is 10.1. The van der Waals surface area contributed by atoms with Gasteiger partial charge in [0.25, 0.3) is 0 Å². The maximum Gasteiger partial charge on any atom is 0.389 e. The van der Waals surface area contributed by atoms with Crippen LogP contribution in [0.25, 0.3) is 0 Å². The Kier molecular flexibility index (Phi) is 4.49. The van der Waals surface area contributed by atoms with Gasteiger partial charge in [0, 0.05) is 12.6 Å². The van der Waals surface area contributed by atoms with Crippen molar-refractivity contribution in [1.82, 2.24) is 14.7 Å². The minimum Gasteiger partial charge on any atom is -0.393 e. The molecule has 1 aromatic rings. The summed E-state index contributed by atoms with van der Waals surface area (Å²) in [5.41, 5.74) is 0. The van der Waals surface area contributed by atoms with Gasteiger partial charge in [-0.2, -0.15) is 4.68 Å². The Morgan fingerprint density at radius 3 is 3.05 bits per heavy atom. The van der Waals surface area contributed by atoms with Crippen LogP contribution in [0.1, 0.15) is 26.2 Å². The highest BCUT2D eigenvalue weighted by Gasteiger charge is 2.25. The molecular weight excluding hydrogens is 248 g/mol. The van der Waals surface area contributed by atoms with Crippen LogP contribution in [0.3, 0.4) is 0 Å². The molecule has 0 aliphatic carbocycles. The average Bonchev–Trinajstić information content (AvgIpc) is 2.94. The molecule has 19 heavy (non-hydrogen) atoms. The minimum absolute atomic E-state index is 0.109. The summed E-state index contributed by atoms with van der Waals surface area (Å²) in [5, 5.41) is 23.9. The van der Waals surface area contributed by atoms with Gasteiger partial charge < -0.3 is 15.2 Å². The number of likely N-dealkylation sites (tertiary alicyclic amines) is 1. The number of aromatic nitrogens is 2. The SMILES string of the molecule is CC(O)CC1CCCN1CCn1ccc([N+](=O)[O-])n1. The van der Waals surface area contributed by atoms with E-state index in [4.69, 9.17) is 0 Å². The third-order valence-corrected chi connectivity index (χ3v) is 3.54. The number of aliphatic hydroxyl groups is 1. The molecule has 1 fully saturated rings. The van der Waals surface area contributed by atoms with Gasteiger partial charge in [-0.25, -0.2) is 0 Å². The van der Waals surface area contributed by atoms with Crippen molar-refractivity contribution in [3.05, 3.63) is 22.4 Å². The molecule has 7 nitrogen and oxygen atoms in total. The van der Waals surface area contributed by atoms with Gasteiger partial charge >= 0.3 is 5.82 Å². The number of nitrogens with zero attached hydrogens (tertiary/aromatic N) is 4. The van der Waals surface area contributed by atoms with Crippen molar-refractivity contribution in [3.8, 4) is 0 Å². The van der Waals surface area contributed by atoms with E-state index < -0.39 is 4.92 Å². The van der Waals surface area contributed by atoms with Crippen LogP contribution in [0.4, 0.5) is 5.82 Å². The van der Waals surface area contributed by atoms with E-state index in [1.54, 1.807) is 10.9 Å². The van der Waals surface area contributed by atoms with Crippen LogP contribution >= 0.6 is 0 Å². The van der Waals surface area contributed by atoms with Crippen LogP contribution in [-0.2, 0) is 6.54 Å². The molecule has 0 saturated carbocycles. The number of hydrogen-bond donors (Lipinski definition) is 1. The number of aliphatic hydroxyl groups excluding tert-OH is 1. The van der Waals surface area contributed by atoms with Gasteiger partial charge in [0.2, 0.25) is 0 Å². The zero-order chi connectivity index (χ0) is 13.8. The normalized spacial score (nSPS) is 21.7. The summed E-state index contributed by atoms with van der Waals surface area (Å²) in [4.78, 5) is 12.4. The van der Waals surface area contributed by atoms with Crippen LogP contribution in [0, 0.1) is 10.1 Å². The molecular formula is C12H20N4O3. The van der Waals surface area contributed by atoms with Crippen molar-refractivity contribution >= 4 is 5.82 Å². The Labute approximate surface area is 112 Å². The average molecular weight is 268 g/mol. The molecule has 1 aliphatic heterocycles. The second-order valence-electron chi connectivity index (χ2n) is 5.11. The standard InChI is InChI=1S/C12H20N4O3/c1-10(17)9-11-3-2-5-14(11)7-8-15-6-4-12(13-15)16(18)19/h4,6,10-11,17H,2-3,5,7-9H2,1H3. The van der Waals surface area contributed by atoms with E-state index in [0.717, 1.165) is 32.4 Å².